The van der Waals surface area contributed by atoms with Gasteiger partial charge in [0.1, 0.15) is 12.4 Å². The summed E-state index contributed by atoms with van der Waals surface area (Å²) >= 11 is 0. The zero-order valence-electron chi connectivity index (χ0n) is 13.5. The fourth-order valence-corrected chi connectivity index (χ4v) is 3.47. The molecule has 0 saturated carbocycles. The van der Waals surface area contributed by atoms with Crippen molar-refractivity contribution in [3.05, 3.63) is 71.7 Å². The monoisotopic (exact) mass is 323 g/mol. The Kier molecular flexibility index (Phi) is 4.34. The van der Waals surface area contributed by atoms with Gasteiger partial charge in [0.05, 0.1) is 19.0 Å². The lowest BCUT2D eigenvalue weighted by Crippen LogP contribution is -2.35. The highest BCUT2D eigenvalue weighted by atomic mass is 16.5. The van der Waals surface area contributed by atoms with Gasteiger partial charge in [0.2, 0.25) is 0 Å². The Morgan fingerprint density at radius 3 is 2.46 bits per heavy atom. The zero-order chi connectivity index (χ0) is 16.4. The number of hydrogen-bond acceptors (Lipinski definition) is 4. The average Bonchev–Trinajstić information content (AvgIpc) is 3.09. The first kappa shape index (κ1) is 15.4. The van der Waals surface area contributed by atoms with Gasteiger partial charge in [0.25, 0.3) is 0 Å². The van der Waals surface area contributed by atoms with Crippen molar-refractivity contribution in [2.45, 2.75) is 25.8 Å². The molecule has 4 rings (SSSR count). The molecule has 0 aliphatic carbocycles. The molecule has 4 nitrogen and oxygen atoms in total. The summed E-state index contributed by atoms with van der Waals surface area (Å²) in [6, 6.07) is 16.6. The first-order chi connectivity index (χ1) is 11.8. The minimum absolute atomic E-state index is 0.309. The lowest BCUT2D eigenvalue weighted by atomic mass is 9.95. The Morgan fingerprint density at radius 2 is 1.79 bits per heavy atom. The molecule has 0 bridgehead atoms. The van der Waals surface area contributed by atoms with Crippen LogP contribution in [0, 0.1) is 0 Å². The summed E-state index contributed by atoms with van der Waals surface area (Å²) in [5.41, 5.74) is 2.66. The van der Waals surface area contributed by atoms with Crippen molar-refractivity contribution in [1.82, 2.24) is 4.90 Å². The fourth-order valence-electron chi connectivity index (χ4n) is 3.47. The van der Waals surface area contributed by atoms with Crippen LogP contribution in [-0.2, 0) is 24.4 Å². The van der Waals surface area contributed by atoms with E-state index in [0.717, 1.165) is 18.8 Å². The van der Waals surface area contributed by atoms with Crippen molar-refractivity contribution in [2.24, 2.45) is 0 Å². The van der Waals surface area contributed by atoms with E-state index in [1.165, 1.54) is 21.9 Å². The minimum atomic E-state index is -0.510. The van der Waals surface area contributed by atoms with Gasteiger partial charge in [-0.25, -0.2) is 0 Å². The quantitative estimate of drug-likeness (QED) is 0.756. The molecule has 124 valence electrons. The molecule has 1 aliphatic heterocycles. The van der Waals surface area contributed by atoms with Crippen molar-refractivity contribution in [3.8, 4) is 0 Å². The fraction of sp³-hybridized carbons (Fsp3) is 0.300. The minimum Gasteiger partial charge on any atom is -0.467 e. The van der Waals surface area contributed by atoms with Gasteiger partial charge < -0.3 is 14.3 Å². The summed E-state index contributed by atoms with van der Waals surface area (Å²) < 4.78 is 10.8. The molecule has 4 heteroatoms. The largest absolute Gasteiger partial charge is 0.467 e. The molecule has 1 atom stereocenters. The van der Waals surface area contributed by atoms with Crippen LogP contribution in [0.1, 0.15) is 16.9 Å². The van der Waals surface area contributed by atoms with Gasteiger partial charge in [-0.3, -0.25) is 4.90 Å². The van der Waals surface area contributed by atoms with Crippen LogP contribution in [0.5, 0.6) is 0 Å². The van der Waals surface area contributed by atoms with Crippen molar-refractivity contribution in [1.29, 1.82) is 0 Å². The number of aliphatic hydroxyl groups is 1. The van der Waals surface area contributed by atoms with Crippen molar-refractivity contribution in [2.75, 3.05) is 13.2 Å². The maximum atomic E-state index is 10.3. The summed E-state index contributed by atoms with van der Waals surface area (Å²) in [4.78, 5) is 2.28. The van der Waals surface area contributed by atoms with E-state index in [4.69, 9.17) is 9.15 Å². The molecule has 24 heavy (non-hydrogen) atoms. The standard InChI is InChI=1S/C20H21NO3/c22-18(13-23-14-19-8-3-9-24-19)12-21-10-16-6-1-4-15-5-2-7-17(11-21)20(15)16/h1-9,18,22H,10-14H2. The highest BCUT2D eigenvalue weighted by Crippen LogP contribution is 2.29. The molecule has 3 aromatic rings. The van der Waals surface area contributed by atoms with Gasteiger partial charge in [-0.05, 0) is 34.0 Å². The van der Waals surface area contributed by atoms with E-state index < -0.39 is 6.10 Å². The number of ether oxygens (including phenoxy) is 1. The van der Waals surface area contributed by atoms with Crippen molar-refractivity contribution >= 4 is 10.8 Å². The van der Waals surface area contributed by atoms with E-state index in [1.54, 1.807) is 6.26 Å². The van der Waals surface area contributed by atoms with E-state index in [9.17, 15) is 5.11 Å². The zero-order valence-corrected chi connectivity index (χ0v) is 13.5. The second-order valence-corrected chi connectivity index (χ2v) is 6.35. The topological polar surface area (TPSA) is 45.8 Å². The van der Waals surface area contributed by atoms with Crippen LogP contribution < -0.4 is 0 Å². The molecule has 1 unspecified atom stereocenters. The third-order valence-electron chi connectivity index (χ3n) is 4.47. The second kappa shape index (κ2) is 6.77. The molecule has 1 aromatic heterocycles. The number of benzene rings is 2. The van der Waals surface area contributed by atoms with Gasteiger partial charge >= 0.3 is 0 Å². The van der Waals surface area contributed by atoms with Crippen LogP contribution in [0.25, 0.3) is 10.8 Å². The maximum Gasteiger partial charge on any atom is 0.129 e. The first-order valence-corrected chi connectivity index (χ1v) is 8.29. The predicted octanol–water partition coefficient (Wildman–Crippen LogP) is 3.33. The van der Waals surface area contributed by atoms with Crippen LogP contribution in [0.4, 0.5) is 0 Å². The van der Waals surface area contributed by atoms with Gasteiger partial charge in [0.15, 0.2) is 0 Å². The molecule has 2 heterocycles. The molecular weight excluding hydrogens is 302 g/mol. The molecule has 0 radical (unpaired) electrons. The summed E-state index contributed by atoms with van der Waals surface area (Å²) in [5, 5.41) is 12.9. The number of aliphatic hydroxyl groups excluding tert-OH is 1. The summed E-state index contributed by atoms with van der Waals surface area (Å²) in [5.74, 6) is 0.778. The molecular formula is C20H21NO3. The molecule has 0 amide bonds. The third-order valence-corrected chi connectivity index (χ3v) is 4.47. The normalized spacial score (nSPS) is 15.7. The Balaban J connectivity index is 1.36. The molecule has 0 spiro atoms. The molecule has 1 N–H and O–H groups in total. The molecule has 1 aliphatic rings. The van der Waals surface area contributed by atoms with Crippen molar-refractivity contribution in [3.63, 3.8) is 0 Å². The number of hydrogen-bond donors (Lipinski definition) is 1. The summed E-state index contributed by atoms with van der Waals surface area (Å²) in [6.07, 6.45) is 1.12. The van der Waals surface area contributed by atoms with Crippen LogP contribution in [0.15, 0.2) is 59.2 Å². The lowest BCUT2D eigenvalue weighted by molar-refractivity contribution is 0.00222. The van der Waals surface area contributed by atoms with Gasteiger partial charge in [-0.2, -0.15) is 0 Å². The van der Waals surface area contributed by atoms with Gasteiger partial charge in [-0.1, -0.05) is 36.4 Å². The van der Waals surface area contributed by atoms with E-state index in [1.807, 2.05) is 12.1 Å². The average molecular weight is 323 g/mol. The Bertz CT molecular complexity index is 772. The highest BCUT2D eigenvalue weighted by Gasteiger charge is 2.20. The number of furan rings is 1. The van der Waals surface area contributed by atoms with Crippen LogP contribution in [0.2, 0.25) is 0 Å². The van der Waals surface area contributed by atoms with Gasteiger partial charge in [0, 0.05) is 19.6 Å². The number of nitrogens with zero attached hydrogens (tertiary/aromatic N) is 1. The first-order valence-electron chi connectivity index (χ1n) is 8.29. The van der Waals surface area contributed by atoms with Crippen LogP contribution in [-0.4, -0.2) is 29.3 Å². The van der Waals surface area contributed by atoms with Crippen molar-refractivity contribution < 1.29 is 14.3 Å². The Morgan fingerprint density at radius 1 is 1.04 bits per heavy atom. The highest BCUT2D eigenvalue weighted by molar-refractivity contribution is 5.89. The smallest absolute Gasteiger partial charge is 0.129 e. The number of β-amino-alcohol motifs (C(OH)–C–C–N with tert-alkyl or cyclic N) is 1. The van der Waals surface area contributed by atoms with Crippen LogP contribution >= 0.6 is 0 Å². The molecule has 0 saturated heterocycles. The van der Waals surface area contributed by atoms with E-state index >= 15 is 0 Å². The van der Waals surface area contributed by atoms with Crippen LogP contribution in [0.3, 0.4) is 0 Å². The Hall–Kier alpha value is -2.14. The number of rotatable bonds is 6. The lowest BCUT2D eigenvalue weighted by Gasteiger charge is -2.30. The van der Waals surface area contributed by atoms with E-state index in [2.05, 4.69) is 41.3 Å². The summed E-state index contributed by atoms with van der Waals surface area (Å²) in [7, 11) is 0. The Labute approximate surface area is 141 Å². The van der Waals surface area contributed by atoms with E-state index in [-0.39, 0.29) is 0 Å². The third kappa shape index (κ3) is 3.22. The maximum absolute atomic E-state index is 10.3. The SMILES string of the molecule is OC(COCc1ccco1)CN1Cc2cccc3cccc(c23)C1. The summed E-state index contributed by atoms with van der Waals surface area (Å²) in [6.45, 7) is 3.03. The van der Waals surface area contributed by atoms with E-state index in [0.29, 0.717) is 19.8 Å². The van der Waals surface area contributed by atoms with Gasteiger partial charge in [-0.15, -0.1) is 0 Å². The predicted molar refractivity (Wildman–Crippen MR) is 92.4 cm³/mol. The molecule has 2 aromatic carbocycles. The second-order valence-electron chi connectivity index (χ2n) is 6.35. The molecule has 0 fully saturated rings.